The van der Waals surface area contributed by atoms with Gasteiger partial charge in [-0.25, -0.2) is 9.97 Å². The third kappa shape index (κ3) is 4.80. The fraction of sp³-hybridized carbons (Fsp3) is 0.150. The number of benzene rings is 2. The van der Waals surface area contributed by atoms with Gasteiger partial charge in [0, 0.05) is 18.1 Å². The molecule has 3 aromatic rings. The van der Waals surface area contributed by atoms with E-state index in [0.29, 0.717) is 17.2 Å². The van der Waals surface area contributed by atoms with Crippen molar-refractivity contribution in [1.29, 1.82) is 0 Å². The lowest BCUT2D eigenvalue weighted by Crippen LogP contribution is -2.20. The number of anilines is 1. The number of carbonyl (C=O) groups is 1. The van der Waals surface area contributed by atoms with E-state index in [1.807, 2.05) is 32.0 Å². The summed E-state index contributed by atoms with van der Waals surface area (Å²) in [4.78, 5) is 20.1. The topological polar surface area (TPSA) is 73.3 Å². The maximum absolute atomic E-state index is 12.1. The van der Waals surface area contributed by atoms with Crippen molar-refractivity contribution in [1.82, 2.24) is 9.97 Å². The van der Waals surface area contributed by atoms with E-state index in [4.69, 9.17) is 9.47 Å². The molecule has 132 valence electrons. The largest absolute Gasteiger partial charge is 0.483 e. The van der Waals surface area contributed by atoms with E-state index in [1.165, 1.54) is 0 Å². The minimum Gasteiger partial charge on any atom is -0.483 e. The molecule has 0 aliphatic heterocycles. The van der Waals surface area contributed by atoms with Crippen molar-refractivity contribution in [3.63, 3.8) is 0 Å². The van der Waals surface area contributed by atoms with Crippen LogP contribution in [0, 0.1) is 13.8 Å². The van der Waals surface area contributed by atoms with Crippen molar-refractivity contribution in [3.05, 3.63) is 72.1 Å². The molecule has 0 unspecified atom stereocenters. The van der Waals surface area contributed by atoms with Gasteiger partial charge in [0.15, 0.2) is 6.61 Å². The Morgan fingerprint density at radius 1 is 1.04 bits per heavy atom. The highest BCUT2D eigenvalue weighted by molar-refractivity contribution is 5.91. The summed E-state index contributed by atoms with van der Waals surface area (Å²) in [6.45, 7) is 3.87. The van der Waals surface area contributed by atoms with Gasteiger partial charge in [0.1, 0.15) is 11.5 Å². The normalized spacial score (nSPS) is 10.2. The lowest BCUT2D eigenvalue weighted by molar-refractivity contribution is -0.118. The zero-order valence-electron chi connectivity index (χ0n) is 14.6. The van der Waals surface area contributed by atoms with Gasteiger partial charge in [0.05, 0.1) is 0 Å². The van der Waals surface area contributed by atoms with Crippen LogP contribution in [0.25, 0.3) is 0 Å². The summed E-state index contributed by atoms with van der Waals surface area (Å²) in [5.74, 6) is 1.07. The number of aryl methyl sites for hydroxylation is 2. The van der Waals surface area contributed by atoms with Crippen LogP contribution in [0.4, 0.5) is 5.69 Å². The van der Waals surface area contributed by atoms with Crippen LogP contribution in [0.3, 0.4) is 0 Å². The van der Waals surface area contributed by atoms with Crippen LogP contribution in [-0.2, 0) is 4.79 Å². The van der Waals surface area contributed by atoms with E-state index < -0.39 is 0 Å². The van der Waals surface area contributed by atoms with Crippen LogP contribution in [-0.4, -0.2) is 22.5 Å². The molecule has 1 N–H and O–H groups in total. The van der Waals surface area contributed by atoms with Crippen molar-refractivity contribution in [2.24, 2.45) is 0 Å². The predicted molar refractivity (Wildman–Crippen MR) is 98.6 cm³/mol. The number of aromatic nitrogens is 2. The summed E-state index contributed by atoms with van der Waals surface area (Å²) in [7, 11) is 0. The van der Waals surface area contributed by atoms with E-state index in [2.05, 4.69) is 15.3 Å². The van der Waals surface area contributed by atoms with Crippen LogP contribution in [0.15, 0.2) is 60.9 Å². The highest BCUT2D eigenvalue weighted by Crippen LogP contribution is 2.21. The van der Waals surface area contributed by atoms with Gasteiger partial charge in [0.2, 0.25) is 0 Å². The summed E-state index contributed by atoms with van der Waals surface area (Å²) in [6, 6.07) is 14.8. The second-order valence-corrected chi connectivity index (χ2v) is 5.76. The lowest BCUT2D eigenvalue weighted by atomic mass is 10.1. The Morgan fingerprint density at radius 3 is 2.50 bits per heavy atom. The van der Waals surface area contributed by atoms with Crippen molar-refractivity contribution < 1.29 is 14.3 Å². The minimum atomic E-state index is -0.231. The van der Waals surface area contributed by atoms with Gasteiger partial charge in [-0.1, -0.05) is 12.1 Å². The molecule has 6 nitrogen and oxygen atoms in total. The molecule has 2 aromatic carbocycles. The quantitative estimate of drug-likeness (QED) is 0.730. The molecule has 3 rings (SSSR count). The summed E-state index contributed by atoms with van der Waals surface area (Å²) < 4.78 is 11.1. The highest BCUT2D eigenvalue weighted by atomic mass is 16.5. The first kappa shape index (κ1) is 17.4. The summed E-state index contributed by atoms with van der Waals surface area (Å²) in [5, 5.41) is 2.79. The van der Waals surface area contributed by atoms with Crippen molar-refractivity contribution in [2.75, 3.05) is 11.9 Å². The summed E-state index contributed by atoms with van der Waals surface area (Å²) in [5.41, 5.74) is 2.73. The van der Waals surface area contributed by atoms with E-state index in [1.54, 1.807) is 42.7 Å². The maximum Gasteiger partial charge on any atom is 0.321 e. The molecule has 26 heavy (non-hydrogen) atoms. The van der Waals surface area contributed by atoms with Crippen LogP contribution in [0.2, 0.25) is 0 Å². The predicted octanol–water partition coefficient (Wildman–Crippen LogP) is 3.90. The number of nitrogens with one attached hydrogen (secondary N) is 1. The van der Waals surface area contributed by atoms with Crippen molar-refractivity contribution in [3.8, 4) is 17.5 Å². The van der Waals surface area contributed by atoms with Crippen LogP contribution in [0.5, 0.6) is 17.5 Å². The third-order valence-corrected chi connectivity index (χ3v) is 3.59. The Labute approximate surface area is 151 Å². The Kier molecular flexibility index (Phi) is 5.43. The number of hydrogen-bond acceptors (Lipinski definition) is 5. The number of amides is 1. The first-order valence-corrected chi connectivity index (χ1v) is 8.15. The molecule has 0 aliphatic carbocycles. The molecule has 0 saturated carbocycles. The minimum absolute atomic E-state index is 0.0552. The monoisotopic (exact) mass is 349 g/mol. The van der Waals surface area contributed by atoms with Gasteiger partial charge >= 0.3 is 6.01 Å². The Bertz CT molecular complexity index is 881. The van der Waals surface area contributed by atoms with Gasteiger partial charge in [-0.15, -0.1) is 0 Å². The van der Waals surface area contributed by atoms with Gasteiger partial charge in [-0.3, -0.25) is 4.79 Å². The molecule has 6 heteroatoms. The third-order valence-electron chi connectivity index (χ3n) is 3.59. The molecule has 1 amide bonds. The zero-order chi connectivity index (χ0) is 18.4. The Hall–Kier alpha value is -3.41. The highest BCUT2D eigenvalue weighted by Gasteiger charge is 2.07. The molecule has 0 aliphatic rings. The van der Waals surface area contributed by atoms with Crippen LogP contribution >= 0.6 is 0 Å². The number of hydrogen-bond donors (Lipinski definition) is 1. The zero-order valence-corrected chi connectivity index (χ0v) is 14.6. The van der Waals surface area contributed by atoms with Crippen molar-refractivity contribution in [2.45, 2.75) is 13.8 Å². The molecule has 0 spiro atoms. The van der Waals surface area contributed by atoms with Crippen LogP contribution < -0.4 is 14.8 Å². The number of nitrogens with zero attached hydrogens (tertiary/aromatic N) is 2. The molecular formula is C20H19N3O3. The molecule has 0 bridgehead atoms. The molecule has 0 saturated heterocycles. The second kappa shape index (κ2) is 8.11. The van der Waals surface area contributed by atoms with Gasteiger partial charge in [0.25, 0.3) is 5.91 Å². The second-order valence-electron chi connectivity index (χ2n) is 5.76. The average Bonchev–Trinajstić information content (AvgIpc) is 2.65. The standard InChI is InChI=1S/C20H19N3O3/c1-14-4-5-15(2)18(12-14)25-13-19(24)23-16-6-8-17(9-7-16)26-20-21-10-3-11-22-20/h3-12H,13H2,1-2H3,(H,23,24). The fourth-order valence-corrected chi connectivity index (χ4v) is 2.25. The average molecular weight is 349 g/mol. The number of rotatable bonds is 6. The van der Waals surface area contributed by atoms with E-state index in [0.717, 1.165) is 11.1 Å². The molecular weight excluding hydrogens is 330 g/mol. The number of carbonyl (C=O) groups excluding carboxylic acids is 1. The lowest BCUT2D eigenvalue weighted by Gasteiger charge is -2.10. The first-order chi connectivity index (χ1) is 12.6. The van der Waals surface area contributed by atoms with Gasteiger partial charge in [-0.2, -0.15) is 0 Å². The smallest absolute Gasteiger partial charge is 0.321 e. The van der Waals surface area contributed by atoms with Crippen LogP contribution in [0.1, 0.15) is 11.1 Å². The first-order valence-electron chi connectivity index (χ1n) is 8.15. The molecule has 1 aromatic heterocycles. The molecule has 0 fully saturated rings. The van der Waals surface area contributed by atoms with E-state index in [9.17, 15) is 4.79 Å². The van der Waals surface area contributed by atoms with Gasteiger partial charge < -0.3 is 14.8 Å². The summed E-state index contributed by atoms with van der Waals surface area (Å²) >= 11 is 0. The maximum atomic E-state index is 12.1. The van der Waals surface area contributed by atoms with E-state index >= 15 is 0 Å². The van der Waals surface area contributed by atoms with Gasteiger partial charge in [-0.05, 0) is 61.4 Å². The Balaban J connectivity index is 1.53. The molecule has 0 atom stereocenters. The molecule has 1 heterocycles. The Morgan fingerprint density at radius 2 is 1.77 bits per heavy atom. The SMILES string of the molecule is Cc1ccc(C)c(OCC(=O)Nc2ccc(Oc3ncccn3)cc2)c1. The molecule has 0 radical (unpaired) electrons. The van der Waals surface area contributed by atoms with Crippen molar-refractivity contribution >= 4 is 11.6 Å². The van der Waals surface area contributed by atoms with E-state index in [-0.39, 0.29) is 18.5 Å². The fourth-order valence-electron chi connectivity index (χ4n) is 2.25. The number of ether oxygens (including phenoxy) is 2. The summed E-state index contributed by atoms with van der Waals surface area (Å²) in [6.07, 6.45) is 3.21.